The van der Waals surface area contributed by atoms with Crippen LogP contribution < -0.4 is 0 Å². The monoisotopic (exact) mass is 248 g/mol. The maximum Gasteiger partial charge on any atom is 0.203 e. The Balaban J connectivity index is 1.64. The number of rotatable bonds is 2. The highest BCUT2D eigenvalue weighted by Crippen LogP contribution is 2.30. The number of nitriles is 1. The SMILES string of the molecule is N#Cc1ccc(CN2CCCC3(C2)OCCO3)o1. The summed E-state index contributed by atoms with van der Waals surface area (Å²) >= 11 is 0. The Morgan fingerprint density at radius 3 is 2.89 bits per heavy atom. The van der Waals surface area contributed by atoms with Crippen molar-refractivity contribution in [3.8, 4) is 6.07 Å². The molecular weight excluding hydrogens is 232 g/mol. The minimum Gasteiger partial charge on any atom is -0.449 e. The van der Waals surface area contributed by atoms with E-state index in [1.165, 1.54) is 0 Å². The Labute approximate surface area is 106 Å². The van der Waals surface area contributed by atoms with E-state index >= 15 is 0 Å². The van der Waals surface area contributed by atoms with Crippen molar-refractivity contribution in [2.24, 2.45) is 0 Å². The average molecular weight is 248 g/mol. The quantitative estimate of drug-likeness (QED) is 0.793. The normalized spacial score (nSPS) is 23.3. The molecule has 0 unspecified atom stereocenters. The third kappa shape index (κ3) is 2.27. The number of hydrogen-bond acceptors (Lipinski definition) is 5. The molecule has 0 N–H and O–H groups in total. The zero-order chi connectivity index (χ0) is 12.4. The third-order valence-corrected chi connectivity index (χ3v) is 3.46. The molecule has 0 amide bonds. The van der Waals surface area contributed by atoms with Crippen LogP contribution in [0.1, 0.15) is 24.4 Å². The Morgan fingerprint density at radius 1 is 1.33 bits per heavy atom. The molecule has 0 aliphatic carbocycles. The van der Waals surface area contributed by atoms with Gasteiger partial charge in [-0.05, 0) is 25.1 Å². The van der Waals surface area contributed by atoms with E-state index in [0.717, 1.165) is 31.7 Å². The molecule has 0 aromatic carbocycles. The maximum atomic E-state index is 8.73. The van der Waals surface area contributed by atoms with E-state index in [0.29, 0.717) is 25.5 Å². The van der Waals surface area contributed by atoms with Crippen molar-refractivity contribution in [3.05, 3.63) is 23.7 Å². The van der Waals surface area contributed by atoms with Crippen molar-refractivity contribution in [2.75, 3.05) is 26.3 Å². The molecule has 0 saturated carbocycles. The van der Waals surface area contributed by atoms with E-state index in [9.17, 15) is 0 Å². The fraction of sp³-hybridized carbons (Fsp3) is 0.615. The van der Waals surface area contributed by atoms with Crippen molar-refractivity contribution < 1.29 is 13.9 Å². The first kappa shape index (κ1) is 11.7. The highest BCUT2D eigenvalue weighted by molar-refractivity contribution is 5.19. The highest BCUT2D eigenvalue weighted by Gasteiger charge is 2.40. The van der Waals surface area contributed by atoms with Gasteiger partial charge in [0, 0.05) is 6.42 Å². The Morgan fingerprint density at radius 2 is 2.17 bits per heavy atom. The first-order chi connectivity index (χ1) is 8.80. The number of piperidine rings is 1. The summed E-state index contributed by atoms with van der Waals surface area (Å²) in [6, 6.07) is 5.56. The van der Waals surface area contributed by atoms with Crippen LogP contribution in [0.25, 0.3) is 0 Å². The van der Waals surface area contributed by atoms with Gasteiger partial charge >= 0.3 is 0 Å². The standard InChI is InChI=1S/C13H16N2O3/c14-8-11-2-3-12(18-11)9-15-5-1-4-13(10-15)16-6-7-17-13/h2-3H,1,4-7,9-10H2. The number of nitrogens with zero attached hydrogens (tertiary/aromatic N) is 2. The van der Waals surface area contributed by atoms with Gasteiger partial charge in [0.1, 0.15) is 11.8 Å². The topological polar surface area (TPSA) is 58.6 Å². The summed E-state index contributed by atoms with van der Waals surface area (Å²) in [7, 11) is 0. The molecule has 1 aromatic heterocycles. The van der Waals surface area contributed by atoms with Crippen molar-refractivity contribution >= 4 is 0 Å². The van der Waals surface area contributed by atoms with Crippen LogP contribution in [0.2, 0.25) is 0 Å². The predicted molar refractivity (Wildman–Crippen MR) is 62.6 cm³/mol. The summed E-state index contributed by atoms with van der Waals surface area (Å²) < 4.78 is 16.9. The van der Waals surface area contributed by atoms with Crippen LogP contribution in [-0.2, 0) is 16.0 Å². The molecule has 2 saturated heterocycles. The number of furan rings is 1. The Bertz CT molecular complexity index is 457. The molecule has 5 nitrogen and oxygen atoms in total. The molecule has 0 bridgehead atoms. The summed E-state index contributed by atoms with van der Waals surface area (Å²) in [6.45, 7) is 3.86. The maximum absolute atomic E-state index is 8.73. The van der Waals surface area contributed by atoms with Crippen LogP contribution in [0.3, 0.4) is 0 Å². The van der Waals surface area contributed by atoms with Gasteiger partial charge in [0.15, 0.2) is 5.79 Å². The van der Waals surface area contributed by atoms with Crippen molar-refractivity contribution in [3.63, 3.8) is 0 Å². The summed E-state index contributed by atoms with van der Waals surface area (Å²) in [6.07, 6.45) is 2.02. The zero-order valence-electron chi connectivity index (χ0n) is 10.2. The van der Waals surface area contributed by atoms with E-state index in [4.69, 9.17) is 19.2 Å². The van der Waals surface area contributed by atoms with Crippen LogP contribution in [0.5, 0.6) is 0 Å². The molecule has 3 rings (SSSR count). The second-order valence-corrected chi connectivity index (χ2v) is 4.80. The van der Waals surface area contributed by atoms with Gasteiger partial charge < -0.3 is 13.9 Å². The smallest absolute Gasteiger partial charge is 0.203 e. The fourth-order valence-electron chi connectivity index (χ4n) is 2.68. The van der Waals surface area contributed by atoms with E-state index < -0.39 is 5.79 Å². The van der Waals surface area contributed by atoms with E-state index in [-0.39, 0.29) is 0 Å². The molecule has 5 heteroatoms. The molecule has 2 aliphatic heterocycles. The van der Waals surface area contributed by atoms with Gasteiger partial charge in [-0.3, -0.25) is 4.90 Å². The molecule has 2 aliphatic rings. The summed E-state index contributed by atoms with van der Waals surface area (Å²) in [5, 5.41) is 8.73. The molecule has 18 heavy (non-hydrogen) atoms. The van der Waals surface area contributed by atoms with Crippen molar-refractivity contribution in [1.29, 1.82) is 5.26 Å². The lowest BCUT2D eigenvalue weighted by Crippen LogP contribution is -2.48. The average Bonchev–Trinajstić information content (AvgIpc) is 2.99. The van der Waals surface area contributed by atoms with Crippen LogP contribution in [0.15, 0.2) is 16.5 Å². The lowest BCUT2D eigenvalue weighted by atomic mass is 10.0. The summed E-state index contributed by atoms with van der Waals surface area (Å²) in [5.41, 5.74) is 0. The van der Waals surface area contributed by atoms with E-state index in [1.807, 2.05) is 12.1 Å². The van der Waals surface area contributed by atoms with Gasteiger partial charge in [-0.15, -0.1) is 0 Å². The number of ether oxygens (including phenoxy) is 2. The first-order valence-electron chi connectivity index (χ1n) is 6.29. The summed E-state index contributed by atoms with van der Waals surface area (Å²) in [4.78, 5) is 2.26. The number of likely N-dealkylation sites (tertiary alicyclic amines) is 1. The highest BCUT2D eigenvalue weighted by atomic mass is 16.7. The number of hydrogen-bond donors (Lipinski definition) is 0. The van der Waals surface area contributed by atoms with Crippen molar-refractivity contribution in [1.82, 2.24) is 4.90 Å². The molecule has 1 spiro atoms. The van der Waals surface area contributed by atoms with Crippen LogP contribution in [0.4, 0.5) is 0 Å². The molecule has 0 atom stereocenters. The van der Waals surface area contributed by atoms with Crippen LogP contribution in [-0.4, -0.2) is 37.0 Å². The minimum atomic E-state index is -0.400. The van der Waals surface area contributed by atoms with Gasteiger partial charge in [-0.1, -0.05) is 0 Å². The second kappa shape index (κ2) is 4.73. The predicted octanol–water partition coefficient (Wildman–Crippen LogP) is 1.49. The second-order valence-electron chi connectivity index (χ2n) is 4.80. The minimum absolute atomic E-state index is 0.366. The van der Waals surface area contributed by atoms with Crippen molar-refractivity contribution in [2.45, 2.75) is 25.2 Å². The van der Waals surface area contributed by atoms with Crippen LogP contribution >= 0.6 is 0 Å². The molecule has 96 valence electrons. The lowest BCUT2D eigenvalue weighted by molar-refractivity contribution is -0.190. The van der Waals surface area contributed by atoms with Gasteiger partial charge in [0.05, 0.1) is 26.3 Å². The Hall–Kier alpha value is -1.35. The van der Waals surface area contributed by atoms with E-state index in [2.05, 4.69) is 4.90 Å². The van der Waals surface area contributed by atoms with Gasteiger partial charge in [-0.2, -0.15) is 5.26 Å². The van der Waals surface area contributed by atoms with Gasteiger partial charge in [0.2, 0.25) is 5.76 Å². The lowest BCUT2D eigenvalue weighted by Gasteiger charge is -2.38. The van der Waals surface area contributed by atoms with Gasteiger partial charge in [0.25, 0.3) is 0 Å². The fourth-order valence-corrected chi connectivity index (χ4v) is 2.68. The largest absolute Gasteiger partial charge is 0.449 e. The first-order valence-corrected chi connectivity index (χ1v) is 6.29. The van der Waals surface area contributed by atoms with Gasteiger partial charge in [-0.25, -0.2) is 0 Å². The molecular formula is C13H16N2O3. The van der Waals surface area contributed by atoms with E-state index in [1.54, 1.807) is 6.07 Å². The molecule has 0 radical (unpaired) electrons. The molecule has 3 heterocycles. The Kier molecular flexibility index (Phi) is 3.08. The van der Waals surface area contributed by atoms with Crippen LogP contribution in [0, 0.1) is 11.3 Å². The molecule has 2 fully saturated rings. The third-order valence-electron chi connectivity index (χ3n) is 3.46. The zero-order valence-corrected chi connectivity index (χ0v) is 10.2. The summed E-state index contributed by atoms with van der Waals surface area (Å²) in [5.74, 6) is 0.787. The molecule has 1 aromatic rings.